The van der Waals surface area contributed by atoms with Gasteiger partial charge in [-0.15, -0.1) is 0 Å². The van der Waals surface area contributed by atoms with E-state index in [1.807, 2.05) is 13.8 Å². The van der Waals surface area contributed by atoms with Crippen molar-refractivity contribution in [3.05, 3.63) is 53.1 Å². The van der Waals surface area contributed by atoms with E-state index in [1.165, 1.54) is 19.3 Å². The highest BCUT2D eigenvalue weighted by atomic mass is 35.5. The Labute approximate surface area is 192 Å². The zero-order chi connectivity index (χ0) is 23.5. The Morgan fingerprint density at radius 1 is 1.03 bits per heavy atom. The number of hydrazine groups is 1. The number of carbonyl (C=O) groups excluding carboxylic acids is 2. The molecule has 1 atom stereocenters. The minimum absolute atomic E-state index is 0.354. The van der Waals surface area contributed by atoms with Gasteiger partial charge in [-0.25, -0.2) is 0 Å². The molecular formula is C23H27ClN2O6. The average Bonchev–Trinajstić information content (AvgIpc) is 2.77. The average molecular weight is 463 g/mol. The van der Waals surface area contributed by atoms with E-state index in [0.29, 0.717) is 46.8 Å². The third-order valence-corrected chi connectivity index (χ3v) is 4.37. The molecule has 2 aromatic rings. The van der Waals surface area contributed by atoms with Crippen molar-refractivity contribution in [3.63, 3.8) is 0 Å². The Balaban J connectivity index is 1.88. The zero-order valence-corrected chi connectivity index (χ0v) is 19.2. The fraction of sp³-hybridized carbons (Fsp3) is 0.304. The van der Waals surface area contributed by atoms with Gasteiger partial charge in [-0.05, 0) is 68.8 Å². The van der Waals surface area contributed by atoms with Crippen molar-refractivity contribution in [1.82, 2.24) is 10.9 Å². The molecule has 0 aromatic heterocycles. The topological polar surface area (TPSA) is 95.1 Å². The van der Waals surface area contributed by atoms with Crippen molar-refractivity contribution >= 4 is 29.5 Å². The van der Waals surface area contributed by atoms with Crippen molar-refractivity contribution in [2.24, 2.45) is 0 Å². The Kier molecular flexibility index (Phi) is 9.69. The molecule has 172 valence electrons. The lowest BCUT2D eigenvalue weighted by molar-refractivity contribution is -0.131. The lowest BCUT2D eigenvalue weighted by atomic mass is 10.2. The zero-order valence-electron chi connectivity index (χ0n) is 18.4. The maximum Gasteiger partial charge on any atom is 0.279 e. The lowest BCUT2D eigenvalue weighted by Gasteiger charge is -2.15. The molecule has 0 fully saturated rings. The summed E-state index contributed by atoms with van der Waals surface area (Å²) in [5.41, 5.74) is 5.26. The number of benzene rings is 2. The van der Waals surface area contributed by atoms with Crippen LogP contribution in [0.1, 0.15) is 26.3 Å². The van der Waals surface area contributed by atoms with Crippen LogP contribution < -0.4 is 29.8 Å². The van der Waals surface area contributed by atoms with Crippen LogP contribution in [0.15, 0.2) is 42.5 Å². The van der Waals surface area contributed by atoms with E-state index in [2.05, 4.69) is 10.9 Å². The van der Waals surface area contributed by atoms with Crippen LogP contribution in [-0.2, 0) is 9.59 Å². The predicted molar refractivity (Wildman–Crippen MR) is 122 cm³/mol. The summed E-state index contributed by atoms with van der Waals surface area (Å²) < 4.78 is 21.7. The molecule has 2 rings (SSSR count). The van der Waals surface area contributed by atoms with Gasteiger partial charge in [-0.2, -0.15) is 0 Å². The van der Waals surface area contributed by atoms with E-state index in [4.69, 9.17) is 30.5 Å². The SMILES string of the molecule is CCOc1ccc(OC(C)C(=O)NNC(=O)/C=C/c2cc(Cl)c(OC)c(OCC)c2)cc1. The fourth-order valence-corrected chi connectivity index (χ4v) is 2.92. The summed E-state index contributed by atoms with van der Waals surface area (Å²) in [6.45, 7) is 6.30. The van der Waals surface area contributed by atoms with Gasteiger partial charge in [-0.1, -0.05) is 11.6 Å². The third kappa shape index (κ3) is 7.39. The molecule has 2 amide bonds. The summed E-state index contributed by atoms with van der Waals surface area (Å²) >= 11 is 6.20. The minimum Gasteiger partial charge on any atom is -0.494 e. The van der Waals surface area contributed by atoms with Crippen LogP contribution in [-0.4, -0.2) is 38.2 Å². The number of hydrogen-bond donors (Lipinski definition) is 2. The largest absolute Gasteiger partial charge is 0.494 e. The Bertz CT molecular complexity index is 946. The van der Waals surface area contributed by atoms with E-state index in [1.54, 1.807) is 43.3 Å². The van der Waals surface area contributed by atoms with Gasteiger partial charge in [0.05, 0.1) is 25.3 Å². The molecule has 0 spiro atoms. The number of ether oxygens (including phenoxy) is 4. The van der Waals surface area contributed by atoms with Gasteiger partial charge in [0.25, 0.3) is 11.8 Å². The van der Waals surface area contributed by atoms with Crippen LogP contribution in [0.2, 0.25) is 5.02 Å². The maximum absolute atomic E-state index is 12.2. The molecular weight excluding hydrogens is 436 g/mol. The highest BCUT2D eigenvalue weighted by Gasteiger charge is 2.15. The predicted octanol–water partition coefficient (Wildman–Crippen LogP) is 3.77. The normalized spacial score (nSPS) is 11.5. The van der Waals surface area contributed by atoms with Crippen molar-refractivity contribution in [2.75, 3.05) is 20.3 Å². The first-order chi connectivity index (χ1) is 15.4. The van der Waals surface area contributed by atoms with E-state index in [9.17, 15) is 9.59 Å². The van der Waals surface area contributed by atoms with Crippen LogP contribution in [0, 0.1) is 0 Å². The van der Waals surface area contributed by atoms with Gasteiger partial charge in [-0.3, -0.25) is 20.4 Å². The monoisotopic (exact) mass is 462 g/mol. The lowest BCUT2D eigenvalue weighted by Crippen LogP contribution is -2.46. The molecule has 0 bridgehead atoms. The second-order valence-corrected chi connectivity index (χ2v) is 6.85. The van der Waals surface area contributed by atoms with Crippen LogP contribution in [0.3, 0.4) is 0 Å². The van der Waals surface area contributed by atoms with Gasteiger partial charge < -0.3 is 18.9 Å². The summed E-state index contributed by atoms with van der Waals surface area (Å²) in [5, 5.41) is 0.354. The molecule has 8 nitrogen and oxygen atoms in total. The Hall–Kier alpha value is -3.39. The molecule has 0 saturated heterocycles. The maximum atomic E-state index is 12.2. The first-order valence-electron chi connectivity index (χ1n) is 10.1. The number of hydrogen-bond acceptors (Lipinski definition) is 6. The summed E-state index contributed by atoms with van der Waals surface area (Å²) in [6, 6.07) is 10.2. The second-order valence-electron chi connectivity index (χ2n) is 6.44. The third-order valence-electron chi connectivity index (χ3n) is 4.09. The van der Waals surface area contributed by atoms with Crippen LogP contribution >= 0.6 is 11.6 Å². The van der Waals surface area contributed by atoms with Gasteiger partial charge in [0.15, 0.2) is 17.6 Å². The number of rotatable bonds is 10. The summed E-state index contributed by atoms with van der Waals surface area (Å²) in [4.78, 5) is 24.2. The first-order valence-corrected chi connectivity index (χ1v) is 10.4. The Morgan fingerprint density at radius 2 is 1.69 bits per heavy atom. The standard InChI is InChI=1S/C23H27ClN2O6/c1-5-30-17-8-10-18(11-9-17)32-15(3)23(28)26-25-21(27)12-7-16-13-19(24)22(29-4)20(14-16)31-6-2/h7-15H,5-6H2,1-4H3,(H,25,27)(H,26,28)/b12-7+. The molecule has 0 radical (unpaired) electrons. The Morgan fingerprint density at radius 3 is 2.31 bits per heavy atom. The van der Waals surface area contributed by atoms with Crippen molar-refractivity contribution in [1.29, 1.82) is 0 Å². The van der Waals surface area contributed by atoms with Crippen molar-refractivity contribution < 1.29 is 28.5 Å². The van der Waals surface area contributed by atoms with Crippen molar-refractivity contribution in [2.45, 2.75) is 26.9 Å². The summed E-state index contributed by atoms with van der Waals surface area (Å²) in [5.74, 6) is 1.06. The smallest absolute Gasteiger partial charge is 0.279 e. The summed E-state index contributed by atoms with van der Waals surface area (Å²) in [6.07, 6.45) is 1.97. The molecule has 0 aliphatic carbocycles. The van der Waals surface area contributed by atoms with E-state index < -0.39 is 17.9 Å². The molecule has 32 heavy (non-hydrogen) atoms. The molecule has 0 heterocycles. The summed E-state index contributed by atoms with van der Waals surface area (Å²) in [7, 11) is 1.50. The van der Waals surface area contributed by atoms with Gasteiger partial charge >= 0.3 is 0 Å². The molecule has 1 unspecified atom stereocenters. The number of halogens is 1. The second kappa shape index (κ2) is 12.5. The fourth-order valence-electron chi connectivity index (χ4n) is 2.62. The quantitative estimate of drug-likeness (QED) is 0.412. The van der Waals surface area contributed by atoms with E-state index in [-0.39, 0.29) is 0 Å². The highest BCUT2D eigenvalue weighted by molar-refractivity contribution is 6.32. The molecule has 0 aliphatic rings. The van der Waals surface area contributed by atoms with Crippen LogP contribution in [0.25, 0.3) is 6.08 Å². The van der Waals surface area contributed by atoms with Crippen LogP contribution in [0.5, 0.6) is 23.0 Å². The number of methoxy groups -OCH3 is 1. The molecule has 0 aliphatic heterocycles. The molecule has 0 saturated carbocycles. The molecule has 2 aromatic carbocycles. The highest BCUT2D eigenvalue weighted by Crippen LogP contribution is 2.36. The number of carbonyl (C=O) groups is 2. The molecule has 2 N–H and O–H groups in total. The van der Waals surface area contributed by atoms with Gasteiger partial charge in [0, 0.05) is 6.08 Å². The van der Waals surface area contributed by atoms with Gasteiger partial charge in [0.1, 0.15) is 11.5 Å². The van der Waals surface area contributed by atoms with E-state index >= 15 is 0 Å². The number of amides is 2. The van der Waals surface area contributed by atoms with Gasteiger partial charge in [0.2, 0.25) is 0 Å². The number of nitrogens with one attached hydrogen (secondary N) is 2. The van der Waals surface area contributed by atoms with Crippen LogP contribution in [0.4, 0.5) is 0 Å². The van der Waals surface area contributed by atoms with Crippen molar-refractivity contribution in [3.8, 4) is 23.0 Å². The minimum atomic E-state index is -0.827. The first kappa shape index (κ1) is 24.9. The molecule has 9 heteroatoms. The van der Waals surface area contributed by atoms with E-state index in [0.717, 1.165) is 0 Å².